The zero-order chi connectivity index (χ0) is 14.4. The van der Waals surface area contributed by atoms with Gasteiger partial charge in [-0.2, -0.15) is 0 Å². The second-order valence-electron chi connectivity index (χ2n) is 4.49. The maximum atomic E-state index is 5.85. The van der Waals surface area contributed by atoms with Gasteiger partial charge in [-0.3, -0.25) is 0 Å². The van der Waals surface area contributed by atoms with E-state index in [2.05, 4.69) is 22.2 Å². The molecule has 0 unspecified atom stereocenters. The van der Waals surface area contributed by atoms with Crippen LogP contribution in [0.5, 0.6) is 5.88 Å². The monoisotopic (exact) mass is 291 g/mol. The van der Waals surface area contributed by atoms with Crippen LogP contribution in [-0.2, 0) is 6.61 Å². The Balaban J connectivity index is 2.03. The molecular formula is C15H18ClN3O. The number of benzene rings is 1. The lowest BCUT2D eigenvalue weighted by atomic mass is 10.2. The summed E-state index contributed by atoms with van der Waals surface area (Å²) in [6.07, 6.45) is 2.56. The van der Waals surface area contributed by atoms with E-state index in [1.54, 1.807) is 0 Å². The Labute approximate surface area is 124 Å². The molecule has 0 bridgehead atoms. The average molecular weight is 292 g/mol. The Bertz CT molecular complexity index is 558. The van der Waals surface area contributed by atoms with Crippen molar-refractivity contribution in [2.24, 2.45) is 0 Å². The summed E-state index contributed by atoms with van der Waals surface area (Å²) in [5.74, 6) is 1.43. The van der Waals surface area contributed by atoms with Crippen molar-refractivity contribution < 1.29 is 4.74 Å². The van der Waals surface area contributed by atoms with Crippen LogP contribution in [0.15, 0.2) is 30.6 Å². The van der Waals surface area contributed by atoms with Gasteiger partial charge in [0.1, 0.15) is 18.8 Å². The van der Waals surface area contributed by atoms with Crippen molar-refractivity contribution >= 4 is 17.4 Å². The predicted molar refractivity (Wildman–Crippen MR) is 81.3 cm³/mol. The van der Waals surface area contributed by atoms with Gasteiger partial charge in [0.15, 0.2) is 0 Å². The number of rotatable bonds is 6. The van der Waals surface area contributed by atoms with Crippen molar-refractivity contribution in [3.8, 4) is 5.88 Å². The topological polar surface area (TPSA) is 47.0 Å². The molecule has 0 fully saturated rings. The fourth-order valence-corrected chi connectivity index (χ4v) is 1.86. The highest BCUT2D eigenvalue weighted by Gasteiger charge is 2.07. The summed E-state index contributed by atoms with van der Waals surface area (Å²) in [4.78, 5) is 8.40. The molecule has 0 amide bonds. The SMILES string of the molecule is CCCNc1ncnc(OCc2ccc(Cl)cc2)c1C. The van der Waals surface area contributed by atoms with Crippen LogP contribution in [0.3, 0.4) is 0 Å². The lowest BCUT2D eigenvalue weighted by Gasteiger charge is -2.11. The summed E-state index contributed by atoms with van der Waals surface area (Å²) in [7, 11) is 0. The first kappa shape index (κ1) is 14.6. The van der Waals surface area contributed by atoms with Gasteiger partial charge >= 0.3 is 0 Å². The zero-order valence-corrected chi connectivity index (χ0v) is 12.4. The fraction of sp³-hybridized carbons (Fsp3) is 0.333. The number of anilines is 1. The van der Waals surface area contributed by atoms with Gasteiger partial charge in [-0.05, 0) is 31.0 Å². The summed E-state index contributed by atoms with van der Waals surface area (Å²) in [6.45, 7) is 5.41. The van der Waals surface area contributed by atoms with Gasteiger partial charge < -0.3 is 10.1 Å². The third-order valence-corrected chi connectivity index (χ3v) is 3.12. The molecule has 0 radical (unpaired) electrons. The van der Waals surface area contributed by atoms with Crippen LogP contribution in [0.1, 0.15) is 24.5 Å². The smallest absolute Gasteiger partial charge is 0.221 e. The number of halogens is 1. The van der Waals surface area contributed by atoms with Crippen LogP contribution in [0.4, 0.5) is 5.82 Å². The number of nitrogens with zero attached hydrogens (tertiary/aromatic N) is 2. The first-order valence-electron chi connectivity index (χ1n) is 6.63. The number of aromatic nitrogens is 2. The van der Waals surface area contributed by atoms with E-state index in [0.29, 0.717) is 12.5 Å². The van der Waals surface area contributed by atoms with Crippen molar-refractivity contribution in [1.29, 1.82) is 0 Å². The van der Waals surface area contributed by atoms with Gasteiger partial charge in [0.2, 0.25) is 5.88 Å². The highest BCUT2D eigenvalue weighted by Crippen LogP contribution is 2.21. The standard InChI is InChI=1S/C15H18ClN3O/c1-3-8-17-14-11(2)15(19-10-18-14)20-9-12-4-6-13(16)7-5-12/h4-7,10H,3,8-9H2,1-2H3,(H,17,18,19). The molecule has 1 heterocycles. The number of hydrogen-bond donors (Lipinski definition) is 1. The Morgan fingerprint density at radius 3 is 2.65 bits per heavy atom. The van der Waals surface area contributed by atoms with E-state index in [1.807, 2.05) is 31.2 Å². The Morgan fingerprint density at radius 1 is 1.20 bits per heavy atom. The molecule has 1 N–H and O–H groups in total. The Morgan fingerprint density at radius 2 is 1.95 bits per heavy atom. The van der Waals surface area contributed by atoms with Gasteiger partial charge in [0, 0.05) is 11.6 Å². The van der Waals surface area contributed by atoms with E-state index in [9.17, 15) is 0 Å². The van der Waals surface area contributed by atoms with E-state index in [1.165, 1.54) is 6.33 Å². The van der Waals surface area contributed by atoms with Crippen LogP contribution in [0, 0.1) is 6.92 Å². The van der Waals surface area contributed by atoms with Gasteiger partial charge in [-0.25, -0.2) is 9.97 Å². The quantitative estimate of drug-likeness (QED) is 0.878. The van der Waals surface area contributed by atoms with Crippen LogP contribution in [0.25, 0.3) is 0 Å². The minimum Gasteiger partial charge on any atom is -0.472 e. The van der Waals surface area contributed by atoms with E-state index >= 15 is 0 Å². The lowest BCUT2D eigenvalue weighted by molar-refractivity contribution is 0.291. The summed E-state index contributed by atoms with van der Waals surface area (Å²) >= 11 is 5.85. The molecule has 0 aliphatic rings. The molecule has 4 nitrogen and oxygen atoms in total. The van der Waals surface area contributed by atoms with E-state index in [4.69, 9.17) is 16.3 Å². The average Bonchev–Trinajstić information content (AvgIpc) is 2.47. The van der Waals surface area contributed by atoms with Crippen LogP contribution >= 0.6 is 11.6 Å². The highest BCUT2D eigenvalue weighted by molar-refractivity contribution is 6.30. The van der Waals surface area contributed by atoms with Crippen LogP contribution in [0.2, 0.25) is 5.02 Å². The van der Waals surface area contributed by atoms with Crippen molar-refractivity contribution in [1.82, 2.24) is 9.97 Å². The molecular weight excluding hydrogens is 274 g/mol. The zero-order valence-electron chi connectivity index (χ0n) is 11.7. The molecule has 1 aromatic carbocycles. The second kappa shape index (κ2) is 7.10. The minimum atomic E-state index is 0.461. The van der Waals surface area contributed by atoms with Crippen molar-refractivity contribution in [2.45, 2.75) is 26.9 Å². The molecule has 0 saturated heterocycles. The third kappa shape index (κ3) is 3.84. The Hall–Kier alpha value is -1.81. The van der Waals surface area contributed by atoms with Crippen molar-refractivity contribution in [3.05, 3.63) is 46.7 Å². The predicted octanol–water partition coefficient (Wildman–Crippen LogP) is 3.84. The van der Waals surface area contributed by atoms with E-state index in [-0.39, 0.29) is 0 Å². The van der Waals surface area contributed by atoms with E-state index in [0.717, 1.165) is 34.9 Å². The first-order valence-corrected chi connectivity index (χ1v) is 7.01. The van der Waals surface area contributed by atoms with Crippen LogP contribution < -0.4 is 10.1 Å². The number of ether oxygens (including phenoxy) is 1. The molecule has 0 aliphatic carbocycles. The number of nitrogens with one attached hydrogen (secondary N) is 1. The second-order valence-corrected chi connectivity index (χ2v) is 4.93. The molecule has 0 aliphatic heterocycles. The number of hydrogen-bond acceptors (Lipinski definition) is 4. The molecule has 2 rings (SSSR count). The first-order chi connectivity index (χ1) is 9.70. The van der Waals surface area contributed by atoms with Crippen molar-refractivity contribution in [2.75, 3.05) is 11.9 Å². The van der Waals surface area contributed by atoms with Crippen LogP contribution in [-0.4, -0.2) is 16.5 Å². The van der Waals surface area contributed by atoms with Gasteiger partial charge in [0.05, 0.1) is 5.56 Å². The Kier molecular flexibility index (Phi) is 5.18. The van der Waals surface area contributed by atoms with Gasteiger partial charge in [-0.15, -0.1) is 0 Å². The highest BCUT2D eigenvalue weighted by atomic mass is 35.5. The molecule has 0 spiro atoms. The summed E-state index contributed by atoms with van der Waals surface area (Å²) < 4.78 is 5.75. The molecule has 5 heteroatoms. The molecule has 106 valence electrons. The third-order valence-electron chi connectivity index (χ3n) is 2.87. The normalized spacial score (nSPS) is 10.3. The molecule has 2 aromatic rings. The molecule has 1 aromatic heterocycles. The molecule has 0 saturated carbocycles. The maximum absolute atomic E-state index is 5.85. The maximum Gasteiger partial charge on any atom is 0.221 e. The summed E-state index contributed by atoms with van der Waals surface area (Å²) in [5.41, 5.74) is 1.98. The van der Waals surface area contributed by atoms with E-state index < -0.39 is 0 Å². The van der Waals surface area contributed by atoms with Gasteiger partial charge in [-0.1, -0.05) is 30.7 Å². The largest absolute Gasteiger partial charge is 0.472 e. The molecule has 0 atom stereocenters. The summed E-state index contributed by atoms with van der Waals surface area (Å²) in [6, 6.07) is 7.58. The van der Waals surface area contributed by atoms with Gasteiger partial charge in [0.25, 0.3) is 0 Å². The molecule has 20 heavy (non-hydrogen) atoms. The minimum absolute atomic E-state index is 0.461. The lowest BCUT2D eigenvalue weighted by Crippen LogP contribution is -2.07. The fourth-order valence-electron chi connectivity index (χ4n) is 1.73. The van der Waals surface area contributed by atoms with Crippen molar-refractivity contribution in [3.63, 3.8) is 0 Å². The summed E-state index contributed by atoms with van der Waals surface area (Å²) in [5, 5.41) is 3.98.